The van der Waals surface area contributed by atoms with Crippen LogP contribution in [0.25, 0.3) is 0 Å². The number of carbonyl (C=O) groups is 1. The van der Waals surface area contributed by atoms with Crippen molar-refractivity contribution in [2.24, 2.45) is 0 Å². The number of rotatable bonds is 5. The molecule has 1 amide bonds. The first kappa shape index (κ1) is 17.5. The Morgan fingerprint density at radius 1 is 1.04 bits per heavy atom. The quantitative estimate of drug-likeness (QED) is 0.685. The Bertz CT molecular complexity index is 944. The van der Waals surface area contributed by atoms with Crippen molar-refractivity contribution in [3.05, 3.63) is 83.6 Å². The highest BCUT2D eigenvalue weighted by atomic mass is 19.2. The second-order valence-electron chi connectivity index (χ2n) is 5.65. The molecule has 6 heteroatoms. The molecule has 0 saturated carbocycles. The first-order valence-corrected chi connectivity index (χ1v) is 8.14. The van der Waals surface area contributed by atoms with E-state index in [4.69, 9.17) is 0 Å². The van der Waals surface area contributed by atoms with Gasteiger partial charge in [0.15, 0.2) is 11.6 Å². The standard InChI is InChI=1S/C20H17F2N3O/c1-2-13-5-3-4-6-18(13)25-20(26)14-9-10-23-19(11-14)24-15-7-8-16(21)17(22)12-15/h3-12H,2H2,1H3,(H,23,24)(H,25,26). The smallest absolute Gasteiger partial charge is 0.255 e. The van der Waals surface area contributed by atoms with E-state index in [0.717, 1.165) is 29.8 Å². The number of amides is 1. The summed E-state index contributed by atoms with van der Waals surface area (Å²) in [6, 6.07) is 14.2. The monoisotopic (exact) mass is 353 g/mol. The number of benzene rings is 2. The van der Waals surface area contributed by atoms with E-state index in [1.807, 2.05) is 31.2 Å². The van der Waals surface area contributed by atoms with Crippen molar-refractivity contribution < 1.29 is 13.6 Å². The average Bonchev–Trinajstić information content (AvgIpc) is 2.65. The second-order valence-corrected chi connectivity index (χ2v) is 5.65. The Hall–Kier alpha value is -3.28. The van der Waals surface area contributed by atoms with Crippen LogP contribution < -0.4 is 10.6 Å². The fraction of sp³-hybridized carbons (Fsp3) is 0.100. The predicted molar refractivity (Wildman–Crippen MR) is 97.7 cm³/mol. The number of hydrogen-bond acceptors (Lipinski definition) is 3. The molecule has 2 aromatic carbocycles. The van der Waals surface area contributed by atoms with Crippen LogP contribution in [0.15, 0.2) is 60.8 Å². The van der Waals surface area contributed by atoms with E-state index in [1.54, 1.807) is 12.1 Å². The van der Waals surface area contributed by atoms with Crippen molar-refractivity contribution in [3.63, 3.8) is 0 Å². The molecule has 0 bridgehead atoms. The molecule has 0 aliphatic rings. The Morgan fingerprint density at radius 3 is 2.62 bits per heavy atom. The van der Waals surface area contributed by atoms with E-state index >= 15 is 0 Å². The third-order valence-corrected chi connectivity index (χ3v) is 3.86. The zero-order valence-corrected chi connectivity index (χ0v) is 14.1. The summed E-state index contributed by atoms with van der Waals surface area (Å²) in [5.41, 5.74) is 2.53. The zero-order chi connectivity index (χ0) is 18.5. The summed E-state index contributed by atoms with van der Waals surface area (Å²) in [4.78, 5) is 16.6. The van der Waals surface area contributed by atoms with Crippen LogP contribution in [0.4, 0.5) is 26.0 Å². The van der Waals surface area contributed by atoms with Crippen LogP contribution in [0.1, 0.15) is 22.8 Å². The van der Waals surface area contributed by atoms with Gasteiger partial charge in [-0.3, -0.25) is 4.79 Å². The number of hydrogen-bond donors (Lipinski definition) is 2. The molecule has 0 aliphatic heterocycles. The van der Waals surface area contributed by atoms with E-state index in [9.17, 15) is 13.6 Å². The number of aromatic nitrogens is 1. The van der Waals surface area contributed by atoms with Crippen LogP contribution in [0.5, 0.6) is 0 Å². The van der Waals surface area contributed by atoms with E-state index in [-0.39, 0.29) is 5.91 Å². The lowest BCUT2D eigenvalue weighted by molar-refractivity contribution is 0.102. The molecule has 2 N–H and O–H groups in total. The Kier molecular flexibility index (Phi) is 5.22. The SMILES string of the molecule is CCc1ccccc1NC(=O)c1ccnc(Nc2ccc(F)c(F)c2)c1. The molecule has 0 fully saturated rings. The summed E-state index contributed by atoms with van der Waals surface area (Å²) in [5, 5.41) is 5.74. The molecule has 3 rings (SSSR count). The van der Waals surface area contributed by atoms with Crippen LogP contribution in [-0.2, 0) is 6.42 Å². The van der Waals surface area contributed by atoms with E-state index in [2.05, 4.69) is 15.6 Å². The summed E-state index contributed by atoms with van der Waals surface area (Å²) in [7, 11) is 0. The van der Waals surface area contributed by atoms with Crippen molar-refractivity contribution in [1.82, 2.24) is 4.98 Å². The van der Waals surface area contributed by atoms with Crippen LogP contribution >= 0.6 is 0 Å². The minimum atomic E-state index is -0.958. The van der Waals surface area contributed by atoms with Gasteiger partial charge < -0.3 is 10.6 Å². The van der Waals surface area contributed by atoms with Gasteiger partial charge in [-0.2, -0.15) is 0 Å². The first-order chi connectivity index (χ1) is 12.6. The van der Waals surface area contributed by atoms with Gasteiger partial charge in [0.1, 0.15) is 5.82 Å². The molecule has 0 saturated heterocycles. The normalized spacial score (nSPS) is 10.4. The van der Waals surface area contributed by atoms with Crippen LogP contribution in [-0.4, -0.2) is 10.9 Å². The number of para-hydroxylation sites is 1. The summed E-state index contributed by atoms with van der Waals surface area (Å²) in [5.74, 6) is -1.81. The lowest BCUT2D eigenvalue weighted by Crippen LogP contribution is -2.13. The van der Waals surface area contributed by atoms with Crippen molar-refractivity contribution in [1.29, 1.82) is 0 Å². The summed E-state index contributed by atoms with van der Waals surface area (Å²) in [6.45, 7) is 2.02. The van der Waals surface area contributed by atoms with E-state index < -0.39 is 11.6 Å². The predicted octanol–water partition coefficient (Wildman–Crippen LogP) is 4.92. The number of nitrogens with one attached hydrogen (secondary N) is 2. The third kappa shape index (κ3) is 4.03. The molecule has 4 nitrogen and oxygen atoms in total. The molecule has 0 aliphatic carbocycles. The van der Waals surface area contributed by atoms with Crippen molar-refractivity contribution in [2.75, 3.05) is 10.6 Å². The van der Waals surface area contributed by atoms with Crippen molar-refractivity contribution >= 4 is 23.1 Å². The summed E-state index contributed by atoms with van der Waals surface area (Å²) >= 11 is 0. The number of anilines is 3. The first-order valence-electron chi connectivity index (χ1n) is 8.14. The van der Waals surface area contributed by atoms with Gasteiger partial charge in [0.05, 0.1) is 0 Å². The summed E-state index contributed by atoms with van der Waals surface area (Å²) < 4.78 is 26.3. The van der Waals surface area contributed by atoms with Gasteiger partial charge in [0.2, 0.25) is 0 Å². The molecule has 0 unspecified atom stereocenters. The second kappa shape index (κ2) is 7.74. The number of aryl methyl sites for hydroxylation is 1. The fourth-order valence-corrected chi connectivity index (χ4v) is 2.51. The molecular formula is C20H17F2N3O. The zero-order valence-electron chi connectivity index (χ0n) is 14.1. The molecule has 3 aromatic rings. The third-order valence-electron chi connectivity index (χ3n) is 3.86. The Labute approximate surface area is 149 Å². The number of nitrogens with zero attached hydrogens (tertiary/aromatic N) is 1. The minimum absolute atomic E-state index is 0.276. The van der Waals surface area contributed by atoms with Gasteiger partial charge in [0, 0.05) is 29.2 Å². The van der Waals surface area contributed by atoms with Gasteiger partial charge in [-0.1, -0.05) is 25.1 Å². The molecule has 26 heavy (non-hydrogen) atoms. The summed E-state index contributed by atoms with van der Waals surface area (Å²) in [6.07, 6.45) is 2.28. The minimum Gasteiger partial charge on any atom is -0.340 e. The molecule has 0 radical (unpaired) electrons. The molecular weight excluding hydrogens is 336 g/mol. The fourth-order valence-electron chi connectivity index (χ4n) is 2.51. The molecule has 132 valence electrons. The van der Waals surface area contributed by atoms with Crippen LogP contribution in [0, 0.1) is 11.6 Å². The van der Waals surface area contributed by atoms with Crippen LogP contribution in [0.2, 0.25) is 0 Å². The molecule has 0 atom stereocenters. The maximum Gasteiger partial charge on any atom is 0.255 e. The topological polar surface area (TPSA) is 54.0 Å². The highest BCUT2D eigenvalue weighted by Gasteiger charge is 2.10. The van der Waals surface area contributed by atoms with E-state index in [1.165, 1.54) is 12.3 Å². The Morgan fingerprint density at radius 2 is 1.85 bits per heavy atom. The van der Waals surface area contributed by atoms with Gasteiger partial charge in [-0.05, 0) is 42.3 Å². The van der Waals surface area contributed by atoms with Gasteiger partial charge >= 0.3 is 0 Å². The van der Waals surface area contributed by atoms with Crippen LogP contribution in [0.3, 0.4) is 0 Å². The highest BCUT2D eigenvalue weighted by Crippen LogP contribution is 2.20. The lowest BCUT2D eigenvalue weighted by atomic mass is 10.1. The van der Waals surface area contributed by atoms with Gasteiger partial charge in [-0.15, -0.1) is 0 Å². The molecule has 0 spiro atoms. The lowest BCUT2D eigenvalue weighted by Gasteiger charge is -2.11. The molecule has 1 heterocycles. The van der Waals surface area contributed by atoms with Crippen molar-refractivity contribution in [3.8, 4) is 0 Å². The van der Waals surface area contributed by atoms with Gasteiger partial charge in [-0.25, -0.2) is 13.8 Å². The average molecular weight is 353 g/mol. The largest absolute Gasteiger partial charge is 0.340 e. The molecule has 1 aromatic heterocycles. The highest BCUT2D eigenvalue weighted by molar-refractivity contribution is 6.05. The maximum atomic E-state index is 13.3. The van der Waals surface area contributed by atoms with E-state index in [0.29, 0.717) is 17.1 Å². The maximum absolute atomic E-state index is 13.3. The van der Waals surface area contributed by atoms with Crippen molar-refractivity contribution in [2.45, 2.75) is 13.3 Å². The van der Waals surface area contributed by atoms with Gasteiger partial charge in [0.25, 0.3) is 5.91 Å². The Balaban J connectivity index is 1.78. The number of halogens is 2. The number of carbonyl (C=O) groups excluding carboxylic acids is 1. The number of pyridine rings is 1.